The van der Waals surface area contributed by atoms with Crippen molar-refractivity contribution in [1.29, 1.82) is 0 Å². The molecule has 0 saturated carbocycles. The molecule has 0 spiro atoms. The molecule has 0 aromatic carbocycles. The number of rotatable bonds is 8. The summed E-state index contributed by atoms with van der Waals surface area (Å²) in [5.74, 6) is -2.41. The second-order valence-corrected chi connectivity index (χ2v) is 14.1. The van der Waals surface area contributed by atoms with E-state index in [1.165, 1.54) is 24.0 Å². The van der Waals surface area contributed by atoms with Gasteiger partial charge in [0.25, 0.3) is 0 Å². The SMILES string of the molecule is CCC(=O)N1[C@@H](C)CC[C@H]1C(=O)O.CCC(=O)N1[C@@H](C)CC[C@H]1C(=O)OC.CCC(=O)N1[C@H](C)CC[C@H]1C(=O)O.CCC(=O)N1[C@H](C)CC[C@H]1C(=O)OC. The summed E-state index contributed by atoms with van der Waals surface area (Å²) < 4.78 is 9.35. The number of carbonyl (C=O) groups is 8. The van der Waals surface area contributed by atoms with Crippen LogP contribution in [0.4, 0.5) is 0 Å². The molecule has 4 rings (SSSR count). The van der Waals surface area contributed by atoms with Crippen LogP contribution in [-0.2, 0) is 47.8 Å². The number of carboxylic acids is 2. The van der Waals surface area contributed by atoms with Gasteiger partial charge in [-0.1, -0.05) is 27.7 Å². The number of hydrogen-bond donors (Lipinski definition) is 2. The maximum atomic E-state index is 11.6. The van der Waals surface area contributed by atoms with E-state index in [2.05, 4.69) is 9.47 Å². The fourth-order valence-electron chi connectivity index (χ4n) is 7.57. The third-order valence-corrected chi connectivity index (χ3v) is 10.6. The molecule has 308 valence electrons. The first-order valence-electron chi connectivity index (χ1n) is 19.2. The van der Waals surface area contributed by atoms with E-state index in [-0.39, 0.29) is 71.8 Å². The highest BCUT2D eigenvalue weighted by Gasteiger charge is 2.41. The van der Waals surface area contributed by atoms with Gasteiger partial charge in [-0.2, -0.15) is 0 Å². The van der Waals surface area contributed by atoms with Crippen LogP contribution in [0, 0.1) is 0 Å². The summed E-state index contributed by atoms with van der Waals surface area (Å²) in [7, 11) is 2.72. The van der Waals surface area contributed by atoms with Gasteiger partial charge in [-0.3, -0.25) is 19.2 Å². The minimum Gasteiger partial charge on any atom is -0.480 e. The van der Waals surface area contributed by atoms with Crippen LogP contribution >= 0.6 is 0 Å². The molecular weight excluding hydrogens is 704 g/mol. The first kappa shape index (κ1) is 47.8. The van der Waals surface area contributed by atoms with Gasteiger partial charge >= 0.3 is 23.9 Å². The molecule has 4 aliphatic rings. The molecule has 2 N–H and O–H groups in total. The molecular formula is C38H64N4O12. The Morgan fingerprint density at radius 1 is 0.426 bits per heavy atom. The van der Waals surface area contributed by atoms with Crippen molar-refractivity contribution in [2.24, 2.45) is 0 Å². The average molecular weight is 769 g/mol. The summed E-state index contributed by atoms with van der Waals surface area (Å²) in [5.41, 5.74) is 0. The predicted molar refractivity (Wildman–Crippen MR) is 198 cm³/mol. The molecule has 16 nitrogen and oxygen atoms in total. The number of hydrogen-bond acceptors (Lipinski definition) is 10. The normalized spacial score (nSPS) is 27.0. The van der Waals surface area contributed by atoms with Gasteiger partial charge in [0.15, 0.2) is 0 Å². The first-order valence-corrected chi connectivity index (χ1v) is 19.2. The van der Waals surface area contributed by atoms with E-state index in [4.69, 9.17) is 10.2 Å². The Labute approximate surface area is 319 Å². The van der Waals surface area contributed by atoms with Gasteiger partial charge in [0.2, 0.25) is 23.6 Å². The average Bonchev–Trinajstić information content (AvgIpc) is 3.95. The van der Waals surface area contributed by atoms with Crippen molar-refractivity contribution < 1.29 is 58.0 Å². The zero-order valence-electron chi connectivity index (χ0n) is 33.9. The summed E-state index contributed by atoms with van der Waals surface area (Å²) in [4.78, 5) is 96.6. The van der Waals surface area contributed by atoms with Gasteiger partial charge in [-0.15, -0.1) is 0 Å². The number of ether oxygens (including phenoxy) is 2. The van der Waals surface area contributed by atoms with E-state index >= 15 is 0 Å². The van der Waals surface area contributed by atoms with Crippen molar-refractivity contribution in [2.45, 2.75) is 181 Å². The van der Waals surface area contributed by atoms with Crippen molar-refractivity contribution in [2.75, 3.05) is 14.2 Å². The number of likely N-dealkylation sites (tertiary alicyclic amines) is 4. The quantitative estimate of drug-likeness (QED) is 0.340. The highest BCUT2D eigenvalue weighted by Crippen LogP contribution is 2.28. The lowest BCUT2D eigenvalue weighted by atomic mass is 10.2. The number of esters is 2. The van der Waals surface area contributed by atoms with Crippen LogP contribution in [0.15, 0.2) is 0 Å². The van der Waals surface area contributed by atoms with Gasteiger partial charge in [0, 0.05) is 49.9 Å². The highest BCUT2D eigenvalue weighted by atomic mass is 16.5. The van der Waals surface area contributed by atoms with Crippen LogP contribution < -0.4 is 0 Å². The van der Waals surface area contributed by atoms with Gasteiger partial charge in [0.1, 0.15) is 24.2 Å². The number of methoxy groups -OCH3 is 2. The van der Waals surface area contributed by atoms with Crippen molar-refractivity contribution >= 4 is 47.5 Å². The topological polar surface area (TPSA) is 208 Å². The molecule has 0 aliphatic carbocycles. The smallest absolute Gasteiger partial charge is 0.328 e. The van der Waals surface area contributed by atoms with E-state index < -0.39 is 24.0 Å². The first-order chi connectivity index (χ1) is 25.4. The summed E-state index contributed by atoms with van der Waals surface area (Å²) in [6.45, 7) is 14.9. The summed E-state index contributed by atoms with van der Waals surface area (Å²) in [6, 6.07) is -1.44. The lowest BCUT2D eigenvalue weighted by molar-refractivity contribution is -0.152. The summed E-state index contributed by atoms with van der Waals surface area (Å²) in [5, 5.41) is 17.7. The molecule has 0 radical (unpaired) electrons. The number of amides is 4. The lowest BCUT2D eigenvalue weighted by Crippen LogP contribution is -2.44. The second kappa shape index (κ2) is 22.9. The zero-order valence-corrected chi connectivity index (χ0v) is 33.9. The molecule has 4 amide bonds. The monoisotopic (exact) mass is 768 g/mol. The van der Waals surface area contributed by atoms with Gasteiger partial charge in [-0.25, -0.2) is 19.2 Å². The Morgan fingerprint density at radius 2 is 0.630 bits per heavy atom. The number of nitrogens with zero attached hydrogens (tertiary/aromatic N) is 4. The van der Waals surface area contributed by atoms with Crippen LogP contribution in [0.25, 0.3) is 0 Å². The van der Waals surface area contributed by atoms with Gasteiger partial charge in [0.05, 0.1) is 14.2 Å². The fourth-order valence-corrected chi connectivity index (χ4v) is 7.57. The lowest BCUT2D eigenvalue weighted by Gasteiger charge is -2.26. The Morgan fingerprint density at radius 3 is 0.815 bits per heavy atom. The molecule has 0 aromatic rings. The minimum atomic E-state index is -0.883. The maximum Gasteiger partial charge on any atom is 0.328 e. The largest absolute Gasteiger partial charge is 0.480 e. The predicted octanol–water partition coefficient (Wildman–Crippen LogP) is 3.62. The van der Waals surface area contributed by atoms with E-state index in [9.17, 15) is 38.4 Å². The molecule has 4 aliphatic heterocycles. The standard InChI is InChI=1S/2C10H17NO3.2C9H15NO3/c2*1-4-9(12)11-7(2)5-6-8(11)10(13)14-3;2*1-3-8(11)10-6(2)4-5-7(10)9(12)13/h2*7-8H,4-6H2,1-3H3;2*6-7H,3-5H2,1-2H3,(H,12,13)/t7-,8+;7-,8-;6-,7+;6-,7-/m1010/s1. The Balaban J connectivity index is 0.000000360. The molecule has 0 aromatic heterocycles. The summed E-state index contributed by atoms with van der Waals surface area (Å²) in [6.07, 6.45) is 7.62. The van der Waals surface area contributed by atoms with E-state index in [1.807, 2.05) is 41.5 Å². The van der Waals surface area contributed by atoms with Crippen LogP contribution in [0.3, 0.4) is 0 Å². The molecule has 4 heterocycles. The van der Waals surface area contributed by atoms with Crippen LogP contribution in [0.1, 0.15) is 132 Å². The molecule has 16 heteroatoms. The van der Waals surface area contributed by atoms with Crippen molar-refractivity contribution in [3.8, 4) is 0 Å². The van der Waals surface area contributed by atoms with Crippen molar-refractivity contribution in [3.63, 3.8) is 0 Å². The fraction of sp³-hybridized carbons (Fsp3) is 0.789. The van der Waals surface area contributed by atoms with Crippen molar-refractivity contribution in [3.05, 3.63) is 0 Å². The van der Waals surface area contributed by atoms with Crippen LogP contribution in [-0.4, -0.2) is 140 Å². The summed E-state index contributed by atoms with van der Waals surface area (Å²) >= 11 is 0. The molecule has 8 atom stereocenters. The van der Waals surface area contributed by atoms with E-state index in [1.54, 1.807) is 23.6 Å². The Kier molecular flexibility index (Phi) is 20.2. The van der Waals surface area contributed by atoms with Gasteiger partial charge < -0.3 is 39.3 Å². The van der Waals surface area contributed by atoms with Crippen LogP contribution in [0.5, 0.6) is 0 Å². The van der Waals surface area contributed by atoms with Crippen LogP contribution in [0.2, 0.25) is 0 Å². The third kappa shape index (κ3) is 12.4. The van der Waals surface area contributed by atoms with Crippen molar-refractivity contribution in [1.82, 2.24) is 19.6 Å². The molecule has 4 saturated heterocycles. The highest BCUT2D eigenvalue weighted by molar-refractivity contribution is 5.87. The number of carbonyl (C=O) groups excluding carboxylic acids is 6. The molecule has 0 unspecified atom stereocenters. The molecule has 54 heavy (non-hydrogen) atoms. The number of carboxylic acid groups (broad SMARTS) is 2. The Bertz CT molecular complexity index is 1230. The third-order valence-electron chi connectivity index (χ3n) is 10.6. The van der Waals surface area contributed by atoms with E-state index in [0.717, 1.165) is 38.5 Å². The van der Waals surface area contributed by atoms with E-state index in [0.29, 0.717) is 38.5 Å². The minimum absolute atomic E-state index is 0.0328. The maximum absolute atomic E-state index is 11.6. The zero-order chi connectivity index (χ0) is 41.4. The molecule has 4 fully saturated rings. The second-order valence-electron chi connectivity index (χ2n) is 14.1. The Hall–Kier alpha value is -4.24. The van der Waals surface area contributed by atoms with Gasteiger partial charge in [-0.05, 0) is 79.1 Å². The number of aliphatic carboxylic acids is 2. The molecule has 0 bridgehead atoms.